The fraction of sp³-hybridized carbons (Fsp3) is 0.167. The fourth-order valence-corrected chi connectivity index (χ4v) is 6.32. The van der Waals surface area contributed by atoms with Gasteiger partial charge in [0.05, 0.1) is 34.0 Å². The van der Waals surface area contributed by atoms with Gasteiger partial charge < -0.3 is 14.3 Å². The Morgan fingerprint density at radius 3 is 2.42 bits per heavy atom. The Hall–Kier alpha value is -5.28. The summed E-state index contributed by atoms with van der Waals surface area (Å²) in [6, 6.07) is 26.5. The maximum atomic E-state index is 14.1. The zero-order chi connectivity index (χ0) is 31.7. The molecule has 0 aliphatic carbocycles. The summed E-state index contributed by atoms with van der Waals surface area (Å²) in [5, 5.41) is 9.37. The van der Waals surface area contributed by atoms with Crippen LogP contribution in [0.4, 0.5) is 0 Å². The summed E-state index contributed by atoms with van der Waals surface area (Å²) in [6.07, 6.45) is 1.64. The number of aromatic nitrogens is 1. The van der Waals surface area contributed by atoms with Crippen molar-refractivity contribution in [3.8, 4) is 11.3 Å². The van der Waals surface area contributed by atoms with Gasteiger partial charge in [-0.3, -0.25) is 9.36 Å². The Morgan fingerprint density at radius 1 is 1.00 bits per heavy atom. The number of hydrogen-bond acceptors (Lipinski definition) is 7. The van der Waals surface area contributed by atoms with Crippen LogP contribution in [-0.2, 0) is 9.53 Å². The Morgan fingerprint density at radius 2 is 1.73 bits per heavy atom. The molecule has 1 aliphatic heterocycles. The molecule has 45 heavy (non-hydrogen) atoms. The van der Waals surface area contributed by atoms with Gasteiger partial charge in [-0.05, 0) is 48.2 Å². The second kappa shape index (κ2) is 12.4. The van der Waals surface area contributed by atoms with Crippen molar-refractivity contribution in [3.63, 3.8) is 0 Å². The van der Waals surface area contributed by atoms with Gasteiger partial charge >= 0.3 is 11.9 Å². The van der Waals surface area contributed by atoms with Gasteiger partial charge in [0.2, 0.25) is 0 Å². The van der Waals surface area contributed by atoms with Crippen LogP contribution in [0.5, 0.6) is 0 Å². The van der Waals surface area contributed by atoms with E-state index in [0.29, 0.717) is 38.0 Å². The molecule has 9 heteroatoms. The Balaban J connectivity index is 1.54. The van der Waals surface area contributed by atoms with Crippen molar-refractivity contribution >= 4 is 35.0 Å². The van der Waals surface area contributed by atoms with E-state index in [-0.39, 0.29) is 23.3 Å². The van der Waals surface area contributed by atoms with Gasteiger partial charge in [0, 0.05) is 17.2 Å². The first-order valence-electron chi connectivity index (χ1n) is 14.6. The first-order valence-corrected chi connectivity index (χ1v) is 15.4. The molecule has 8 nitrogen and oxygen atoms in total. The molecule has 3 aromatic carbocycles. The molecule has 226 valence electrons. The lowest BCUT2D eigenvalue weighted by molar-refractivity contribution is -0.138. The minimum Gasteiger partial charge on any atom is -0.478 e. The first-order chi connectivity index (χ1) is 21.7. The van der Waals surface area contributed by atoms with Crippen LogP contribution >= 0.6 is 11.3 Å². The van der Waals surface area contributed by atoms with E-state index in [0.717, 1.165) is 16.7 Å². The highest BCUT2D eigenvalue weighted by atomic mass is 32.1. The van der Waals surface area contributed by atoms with Gasteiger partial charge in [-0.1, -0.05) is 91.9 Å². The number of carbonyl (C=O) groups excluding carboxylic acids is 1. The van der Waals surface area contributed by atoms with E-state index in [1.54, 1.807) is 41.8 Å². The topological polar surface area (TPSA) is 111 Å². The number of benzene rings is 3. The lowest BCUT2D eigenvalue weighted by Crippen LogP contribution is -2.40. The quantitative estimate of drug-likeness (QED) is 0.213. The summed E-state index contributed by atoms with van der Waals surface area (Å²) in [6.45, 7) is 6.14. The zero-order valence-electron chi connectivity index (χ0n) is 24.9. The number of ether oxygens (including phenoxy) is 1. The zero-order valence-corrected chi connectivity index (χ0v) is 25.7. The van der Waals surface area contributed by atoms with E-state index in [9.17, 15) is 19.5 Å². The van der Waals surface area contributed by atoms with Gasteiger partial charge in [0.15, 0.2) is 4.80 Å². The molecule has 0 radical (unpaired) electrons. The Kier molecular flexibility index (Phi) is 8.19. The van der Waals surface area contributed by atoms with E-state index in [4.69, 9.17) is 14.1 Å². The highest BCUT2D eigenvalue weighted by Gasteiger charge is 2.35. The number of hydrogen-bond donors (Lipinski definition) is 1. The van der Waals surface area contributed by atoms with Crippen LogP contribution < -0.4 is 14.9 Å². The van der Waals surface area contributed by atoms with Crippen molar-refractivity contribution in [2.24, 2.45) is 4.99 Å². The van der Waals surface area contributed by atoms with Crippen molar-refractivity contribution in [2.45, 2.75) is 32.7 Å². The average molecular weight is 619 g/mol. The average Bonchev–Trinajstić information content (AvgIpc) is 3.65. The van der Waals surface area contributed by atoms with Gasteiger partial charge in [-0.15, -0.1) is 0 Å². The maximum absolute atomic E-state index is 14.1. The molecular formula is C36H30N2O6S. The molecule has 0 bridgehead atoms. The van der Waals surface area contributed by atoms with Crippen molar-refractivity contribution in [2.75, 3.05) is 6.61 Å². The normalized spacial score (nSPS) is 14.8. The van der Waals surface area contributed by atoms with Crippen LogP contribution in [0.1, 0.15) is 65.5 Å². The van der Waals surface area contributed by atoms with Gasteiger partial charge in [-0.2, -0.15) is 0 Å². The lowest BCUT2D eigenvalue weighted by atomic mass is 9.91. The minimum atomic E-state index is -1.03. The third kappa shape index (κ3) is 5.82. The number of nitrogens with zero attached hydrogens (tertiary/aromatic N) is 2. The molecule has 1 N–H and O–H groups in total. The predicted octanol–water partition coefficient (Wildman–Crippen LogP) is 6.02. The molecule has 1 aliphatic rings. The molecule has 0 saturated heterocycles. The van der Waals surface area contributed by atoms with E-state index in [1.807, 2.05) is 54.6 Å². The molecule has 5 aromatic rings. The Bertz CT molecular complexity index is 2120. The van der Waals surface area contributed by atoms with E-state index < -0.39 is 18.0 Å². The largest absolute Gasteiger partial charge is 0.478 e. The second-order valence-corrected chi connectivity index (χ2v) is 11.8. The third-order valence-corrected chi connectivity index (χ3v) is 8.57. The number of rotatable bonds is 8. The molecule has 0 unspecified atom stereocenters. The SMILES string of the molecule is CCOC(=O)C1=C(c2ccccc2)N=c2s/c(=C/c3ccc(-c4cccc(C(=O)O)c4)o3)c(=O)n2[C@@H]1c1ccc(C(C)C)cc1. The van der Waals surface area contributed by atoms with Gasteiger partial charge in [-0.25, -0.2) is 14.6 Å². The summed E-state index contributed by atoms with van der Waals surface area (Å²) >= 11 is 1.20. The minimum absolute atomic E-state index is 0.145. The van der Waals surface area contributed by atoms with Crippen LogP contribution in [-0.4, -0.2) is 28.2 Å². The van der Waals surface area contributed by atoms with Crippen LogP contribution in [0.3, 0.4) is 0 Å². The number of fused-ring (bicyclic) bond motifs is 1. The number of aromatic carboxylic acids is 1. The highest BCUT2D eigenvalue weighted by molar-refractivity contribution is 7.07. The molecule has 0 amide bonds. The summed E-state index contributed by atoms with van der Waals surface area (Å²) in [5.41, 5.74) is 3.81. The standard InChI is InChI=1S/C36H30N2O6S/c1-4-43-35(42)30-31(23-9-6-5-7-10-23)37-36-38(32(30)24-15-13-22(14-16-24)21(2)3)33(39)29(45-36)20-27-17-18-28(44-27)25-11-8-12-26(19-25)34(40)41/h5-21,32H,4H2,1-3H3,(H,40,41)/b29-20+/t32-/m1/s1. The maximum Gasteiger partial charge on any atom is 0.338 e. The number of carboxylic acid groups (broad SMARTS) is 1. The smallest absolute Gasteiger partial charge is 0.338 e. The van der Waals surface area contributed by atoms with Crippen molar-refractivity contribution in [3.05, 3.63) is 144 Å². The van der Waals surface area contributed by atoms with E-state index in [2.05, 4.69) is 13.8 Å². The van der Waals surface area contributed by atoms with Crippen LogP contribution in [0.15, 0.2) is 111 Å². The lowest BCUT2D eigenvalue weighted by Gasteiger charge is -2.26. The number of carboxylic acids is 1. The molecule has 2 aromatic heterocycles. The monoisotopic (exact) mass is 618 g/mol. The number of furan rings is 1. The molecular weight excluding hydrogens is 588 g/mol. The molecule has 0 saturated carbocycles. The summed E-state index contributed by atoms with van der Waals surface area (Å²) in [7, 11) is 0. The molecule has 6 rings (SSSR count). The van der Waals surface area contributed by atoms with Crippen molar-refractivity contribution < 1.29 is 23.8 Å². The number of carbonyl (C=O) groups is 2. The van der Waals surface area contributed by atoms with Crippen LogP contribution in [0, 0.1) is 0 Å². The van der Waals surface area contributed by atoms with E-state index >= 15 is 0 Å². The van der Waals surface area contributed by atoms with Crippen molar-refractivity contribution in [1.82, 2.24) is 4.57 Å². The predicted molar refractivity (Wildman–Crippen MR) is 173 cm³/mol. The molecule has 3 heterocycles. The number of thiazole rings is 1. The molecule has 0 spiro atoms. The van der Waals surface area contributed by atoms with Gasteiger partial charge in [0.25, 0.3) is 5.56 Å². The number of esters is 1. The second-order valence-electron chi connectivity index (χ2n) is 10.8. The molecule has 0 fully saturated rings. The third-order valence-electron chi connectivity index (χ3n) is 7.59. The summed E-state index contributed by atoms with van der Waals surface area (Å²) < 4.78 is 13.5. The molecule has 1 atom stereocenters. The Labute approximate surface area is 262 Å². The fourth-order valence-electron chi connectivity index (χ4n) is 5.34. The van der Waals surface area contributed by atoms with E-state index in [1.165, 1.54) is 23.5 Å². The van der Waals surface area contributed by atoms with Crippen LogP contribution in [0.25, 0.3) is 23.1 Å². The van der Waals surface area contributed by atoms with Crippen LogP contribution in [0.2, 0.25) is 0 Å². The van der Waals surface area contributed by atoms with Gasteiger partial charge in [0.1, 0.15) is 11.5 Å². The van der Waals surface area contributed by atoms with Crippen molar-refractivity contribution in [1.29, 1.82) is 0 Å². The summed E-state index contributed by atoms with van der Waals surface area (Å²) in [4.78, 5) is 44.6. The first kappa shape index (κ1) is 29.8. The highest BCUT2D eigenvalue weighted by Crippen LogP contribution is 2.35. The summed E-state index contributed by atoms with van der Waals surface area (Å²) in [5.74, 6) is -0.370.